The van der Waals surface area contributed by atoms with Gasteiger partial charge in [0.15, 0.2) is 5.82 Å². The second-order valence-electron chi connectivity index (χ2n) is 6.86. The smallest absolute Gasteiger partial charge is 0.237 e. The van der Waals surface area contributed by atoms with Crippen LogP contribution >= 0.6 is 11.6 Å². The largest absolute Gasteiger partial charge is 0.381 e. The molecule has 0 aliphatic carbocycles. The summed E-state index contributed by atoms with van der Waals surface area (Å²) >= 11 is 6.08. The second kappa shape index (κ2) is 7.03. The van der Waals surface area contributed by atoms with E-state index in [1.54, 1.807) is 0 Å². The van der Waals surface area contributed by atoms with Crippen LogP contribution in [-0.4, -0.2) is 54.9 Å². The number of halogens is 1. The molecule has 1 aromatic heterocycles. The molecule has 3 heterocycles. The number of rotatable bonds is 3. The molecule has 2 aliphatic heterocycles. The number of hydrogen-bond donors (Lipinski definition) is 1. The molecule has 2 fully saturated rings. The molecule has 7 heteroatoms. The highest BCUT2D eigenvalue weighted by atomic mass is 35.5. The molecule has 6 nitrogen and oxygen atoms in total. The van der Waals surface area contributed by atoms with Crippen molar-refractivity contribution in [3.8, 4) is 0 Å². The fourth-order valence-electron chi connectivity index (χ4n) is 3.77. The van der Waals surface area contributed by atoms with Crippen LogP contribution in [0.5, 0.6) is 0 Å². The maximum atomic E-state index is 6.08. The molecule has 1 aromatic carbocycles. The Hall–Kier alpha value is -1.47. The molecule has 1 atom stereocenters. The van der Waals surface area contributed by atoms with Crippen LogP contribution < -0.4 is 5.32 Å². The van der Waals surface area contributed by atoms with Crippen LogP contribution in [-0.2, 0) is 10.2 Å². The van der Waals surface area contributed by atoms with Gasteiger partial charge in [0.1, 0.15) is 0 Å². The van der Waals surface area contributed by atoms with Gasteiger partial charge >= 0.3 is 0 Å². The Balaban J connectivity index is 1.69. The molecule has 0 amide bonds. The Kier molecular flexibility index (Phi) is 4.78. The minimum Gasteiger partial charge on any atom is -0.381 e. The minimum absolute atomic E-state index is 0.147. The van der Waals surface area contributed by atoms with Crippen LogP contribution in [0.1, 0.15) is 36.2 Å². The lowest BCUT2D eigenvalue weighted by Gasteiger charge is -2.34. The van der Waals surface area contributed by atoms with E-state index >= 15 is 0 Å². The first-order valence-corrected chi connectivity index (χ1v) is 9.16. The zero-order chi connectivity index (χ0) is 17.3. The molecule has 0 bridgehead atoms. The van der Waals surface area contributed by atoms with Gasteiger partial charge < -0.3 is 14.6 Å². The summed E-state index contributed by atoms with van der Waals surface area (Å²) in [4.78, 5) is 7.10. The second-order valence-corrected chi connectivity index (χ2v) is 7.30. The zero-order valence-electron chi connectivity index (χ0n) is 14.4. The monoisotopic (exact) mass is 362 g/mol. The van der Waals surface area contributed by atoms with Crippen molar-refractivity contribution < 1.29 is 9.26 Å². The van der Waals surface area contributed by atoms with Crippen molar-refractivity contribution in [3.63, 3.8) is 0 Å². The Morgan fingerprint density at radius 1 is 1.24 bits per heavy atom. The van der Waals surface area contributed by atoms with Crippen molar-refractivity contribution in [2.24, 2.45) is 0 Å². The quantitative estimate of drug-likeness (QED) is 0.904. The molecule has 0 spiro atoms. The Labute approximate surface area is 152 Å². The number of ether oxygens (including phenoxy) is 1. The number of likely N-dealkylation sites (N-methyl/N-ethyl adjacent to an activating group) is 1. The predicted octanol–water partition coefficient (Wildman–Crippen LogP) is 2.40. The zero-order valence-corrected chi connectivity index (χ0v) is 15.1. The summed E-state index contributed by atoms with van der Waals surface area (Å²) in [6.07, 6.45) is 1.66. The van der Waals surface area contributed by atoms with Gasteiger partial charge in [-0.1, -0.05) is 28.9 Å². The molecular weight excluding hydrogens is 340 g/mol. The van der Waals surface area contributed by atoms with Crippen molar-refractivity contribution >= 4 is 11.6 Å². The summed E-state index contributed by atoms with van der Waals surface area (Å²) in [5, 5.41) is 8.45. The van der Waals surface area contributed by atoms with Crippen molar-refractivity contribution in [2.75, 3.05) is 39.9 Å². The number of nitrogens with one attached hydrogen (secondary N) is 1. The van der Waals surface area contributed by atoms with Crippen molar-refractivity contribution in [1.82, 2.24) is 20.4 Å². The highest BCUT2D eigenvalue weighted by molar-refractivity contribution is 6.30. The first kappa shape index (κ1) is 17.0. The van der Waals surface area contributed by atoms with Crippen LogP contribution in [0.15, 0.2) is 28.8 Å². The van der Waals surface area contributed by atoms with E-state index in [1.807, 2.05) is 12.1 Å². The summed E-state index contributed by atoms with van der Waals surface area (Å²) in [6.45, 7) is 4.18. The number of aromatic nitrogens is 2. The Morgan fingerprint density at radius 2 is 2.00 bits per heavy atom. The van der Waals surface area contributed by atoms with Crippen LogP contribution in [0.25, 0.3) is 0 Å². The van der Waals surface area contributed by atoms with Crippen molar-refractivity contribution in [2.45, 2.75) is 24.3 Å². The molecule has 2 saturated heterocycles. The Morgan fingerprint density at radius 3 is 2.72 bits per heavy atom. The fraction of sp³-hybridized carbons (Fsp3) is 0.556. The third kappa shape index (κ3) is 3.19. The normalized spacial score (nSPS) is 24.3. The van der Waals surface area contributed by atoms with E-state index in [2.05, 4.69) is 34.6 Å². The van der Waals surface area contributed by atoms with Gasteiger partial charge in [-0.3, -0.25) is 4.90 Å². The van der Waals surface area contributed by atoms with Gasteiger partial charge in [0.05, 0.1) is 11.5 Å². The topological polar surface area (TPSA) is 63.4 Å². The molecule has 2 aromatic rings. The summed E-state index contributed by atoms with van der Waals surface area (Å²) in [5.41, 5.74) is 0.861. The van der Waals surface area contributed by atoms with E-state index in [0.29, 0.717) is 19.1 Å². The van der Waals surface area contributed by atoms with Gasteiger partial charge in [-0.05, 0) is 37.6 Å². The minimum atomic E-state index is -0.297. The van der Waals surface area contributed by atoms with Gasteiger partial charge in [-0.25, -0.2) is 0 Å². The van der Waals surface area contributed by atoms with Crippen molar-refractivity contribution in [3.05, 3.63) is 46.6 Å². The molecule has 0 radical (unpaired) electrons. The lowest BCUT2D eigenvalue weighted by molar-refractivity contribution is 0.0523. The molecule has 2 aliphatic rings. The van der Waals surface area contributed by atoms with Crippen LogP contribution in [0.2, 0.25) is 5.02 Å². The van der Waals surface area contributed by atoms with E-state index in [1.165, 1.54) is 0 Å². The molecular formula is C18H23ClN4O2. The molecule has 1 unspecified atom stereocenters. The molecule has 4 rings (SSSR count). The summed E-state index contributed by atoms with van der Waals surface area (Å²) in [5.74, 6) is 1.44. The van der Waals surface area contributed by atoms with Crippen LogP contribution in [0, 0.1) is 0 Å². The summed E-state index contributed by atoms with van der Waals surface area (Å²) in [6, 6.07) is 8.11. The van der Waals surface area contributed by atoms with E-state index in [9.17, 15) is 0 Å². The standard InChI is InChI=1S/C18H23ClN4O2/c1-23-9-8-20-12-15(23)16-21-17(25-22-16)18(6-10-24-11-7-18)13-2-4-14(19)5-3-13/h2-5,15,20H,6-12H2,1H3. The maximum absolute atomic E-state index is 6.08. The first-order valence-electron chi connectivity index (χ1n) is 8.78. The van der Waals surface area contributed by atoms with Crippen LogP contribution in [0.3, 0.4) is 0 Å². The van der Waals surface area contributed by atoms with E-state index in [4.69, 9.17) is 25.8 Å². The molecule has 1 N–H and O–H groups in total. The van der Waals surface area contributed by atoms with Gasteiger partial charge in [0.25, 0.3) is 0 Å². The number of piperazine rings is 1. The lowest BCUT2D eigenvalue weighted by Crippen LogP contribution is -2.44. The number of benzene rings is 1. The lowest BCUT2D eigenvalue weighted by atomic mass is 9.74. The summed E-state index contributed by atoms with van der Waals surface area (Å²) < 4.78 is 11.4. The maximum Gasteiger partial charge on any atom is 0.237 e. The Bertz CT molecular complexity index is 712. The highest BCUT2D eigenvalue weighted by Crippen LogP contribution is 2.41. The SMILES string of the molecule is CN1CCNCC1c1noc(C2(c3ccc(Cl)cc3)CCOCC2)n1. The average Bonchev–Trinajstić information content (AvgIpc) is 3.14. The number of nitrogens with zero attached hydrogens (tertiary/aromatic N) is 3. The predicted molar refractivity (Wildman–Crippen MR) is 94.8 cm³/mol. The van der Waals surface area contributed by atoms with E-state index in [-0.39, 0.29) is 11.5 Å². The average molecular weight is 363 g/mol. The first-order chi connectivity index (χ1) is 12.2. The van der Waals surface area contributed by atoms with E-state index in [0.717, 1.165) is 48.9 Å². The summed E-state index contributed by atoms with van der Waals surface area (Å²) in [7, 11) is 2.10. The van der Waals surface area contributed by atoms with Crippen molar-refractivity contribution in [1.29, 1.82) is 0 Å². The highest BCUT2D eigenvalue weighted by Gasteiger charge is 2.42. The van der Waals surface area contributed by atoms with Gasteiger partial charge in [-0.2, -0.15) is 4.98 Å². The van der Waals surface area contributed by atoms with Crippen LogP contribution in [0.4, 0.5) is 0 Å². The molecule has 25 heavy (non-hydrogen) atoms. The van der Waals surface area contributed by atoms with Gasteiger partial charge in [0, 0.05) is 37.9 Å². The molecule has 0 saturated carbocycles. The molecule has 134 valence electrons. The third-order valence-corrected chi connectivity index (χ3v) is 5.66. The van der Waals surface area contributed by atoms with Gasteiger partial charge in [0.2, 0.25) is 5.89 Å². The van der Waals surface area contributed by atoms with Gasteiger partial charge in [-0.15, -0.1) is 0 Å². The van der Waals surface area contributed by atoms with E-state index < -0.39 is 0 Å². The number of hydrogen-bond acceptors (Lipinski definition) is 6. The fourth-order valence-corrected chi connectivity index (χ4v) is 3.90. The third-order valence-electron chi connectivity index (χ3n) is 5.40.